The van der Waals surface area contributed by atoms with Crippen molar-refractivity contribution in [3.05, 3.63) is 38.5 Å². The molecule has 0 aromatic carbocycles. The number of hydrogen-bond donors (Lipinski definition) is 2. The molecule has 1 amide bonds. The Labute approximate surface area is 138 Å². The van der Waals surface area contributed by atoms with E-state index in [9.17, 15) is 9.90 Å². The average Bonchev–Trinajstić information content (AvgIpc) is 3.11. The van der Waals surface area contributed by atoms with Gasteiger partial charge in [0.25, 0.3) is 0 Å². The van der Waals surface area contributed by atoms with Gasteiger partial charge in [0.15, 0.2) is 0 Å². The Morgan fingerprint density at radius 3 is 2.91 bits per heavy atom. The smallest absolute Gasteiger partial charge is 0.220 e. The molecule has 22 heavy (non-hydrogen) atoms. The number of carbonyl (C=O) groups excluding carboxylic acids is 1. The molecule has 0 bridgehead atoms. The molecule has 1 fully saturated rings. The highest BCUT2D eigenvalue weighted by Crippen LogP contribution is 2.39. The third-order valence-corrected chi connectivity index (χ3v) is 6.16. The third-order valence-electron chi connectivity index (χ3n) is 4.21. The lowest BCUT2D eigenvalue weighted by Gasteiger charge is -2.37. The Morgan fingerprint density at radius 2 is 2.32 bits per heavy atom. The van der Waals surface area contributed by atoms with Crippen LogP contribution in [0.4, 0.5) is 0 Å². The standard InChI is InChI=1S/C16H20N2O2S2/c1-10-13(22-9-17-10)4-5-15(20)18-16(11-7-12(19)8-11)14-3-2-6-21-14/h2-3,6,9,11-12,16,19H,4-5,7-8H2,1H3,(H,18,20)/t11?,12?,16-/m1/s1. The van der Waals surface area contributed by atoms with Gasteiger partial charge in [0, 0.05) is 16.2 Å². The van der Waals surface area contributed by atoms with Gasteiger partial charge in [0.05, 0.1) is 23.4 Å². The van der Waals surface area contributed by atoms with Crippen molar-refractivity contribution in [2.24, 2.45) is 5.92 Å². The molecule has 0 unspecified atom stereocenters. The zero-order chi connectivity index (χ0) is 15.5. The number of thiazole rings is 1. The molecule has 1 atom stereocenters. The van der Waals surface area contributed by atoms with Crippen molar-refractivity contribution in [3.8, 4) is 0 Å². The van der Waals surface area contributed by atoms with E-state index in [0.29, 0.717) is 12.3 Å². The molecule has 0 radical (unpaired) electrons. The maximum absolute atomic E-state index is 12.3. The molecule has 0 spiro atoms. The van der Waals surface area contributed by atoms with Crippen LogP contribution < -0.4 is 5.32 Å². The summed E-state index contributed by atoms with van der Waals surface area (Å²) in [7, 11) is 0. The van der Waals surface area contributed by atoms with Crippen LogP contribution in [0, 0.1) is 12.8 Å². The largest absolute Gasteiger partial charge is 0.393 e. The van der Waals surface area contributed by atoms with Gasteiger partial charge in [-0.15, -0.1) is 22.7 Å². The van der Waals surface area contributed by atoms with E-state index in [4.69, 9.17) is 0 Å². The fourth-order valence-electron chi connectivity index (χ4n) is 2.83. The fraction of sp³-hybridized carbons (Fsp3) is 0.500. The van der Waals surface area contributed by atoms with Gasteiger partial charge in [0.2, 0.25) is 5.91 Å². The minimum Gasteiger partial charge on any atom is -0.393 e. The Morgan fingerprint density at radius 1 is 1.50 bits per heavy atom. The molecule has 2 aromatic rings. The number of nitrogens with one attached hydrogen (secondary N) is 1. The molecular weight excluding hydrogens is 316 g/mol. The van der Waals surface area contributed by atoms with Crippen LogP contribution >= 0.6 is 22.7 Å². The summed E-state index contributed by atoms with van der Waals surface area (Å²) >= 11 is 3.27. The zero-order valence-corrected chi connectivity index (χ0v) is 14.1. The summed E-state index contributed by atoms with van der Waals surface area (Å²) in [5, 5.41) is 14.7. The van der Waals surface area contributed by atoms with E-state index in [0.717, 1.165) is 25.0 Å². The van der Waals surface area contributed by atoms with Crippen molar-refractivity contribution in [2.45, 2.75) is 44.8 Å². The SMILES string of the molecule is Cc1ncsc1CCC(=O)N[C@@H](c1cccs1)C1CC(O)C1. The average molecular weight is 336 g/mol. The number of thiophene rings is 1. The number of aliphatic hydroxyl groups excluding tert-OH is 1. The van der Waals surface area contributed by atoms with E-state index in [-0.39, 0.29) is 18.1 Å². The molecule has 1 aliphatic rings. The van der Waals surface area contributed by atoms with E-state index in [1.807, 2.05) is 23.9 Å². The summed E-state index contributed by atoms with van der Waals surface area (Å²) < 4.78 is 0. The molecule has 4 nitrogen and oxygen atoms in total. The zero-order valence-electron chi connectivity index (χ0n) is 12.5. The van der Waals surface area contributed by atoms with Crippen LogP contribution in [0.5, 0.6) is 0 Å². The molecule has 2 aromatic heterocycles. The minimum absolute atomic E-state index is 0.0402. The van der Waals surface area contributed by atoms with Crippen LogP contribution in [0.25, 0.3) is 0 Å². The lowest BCUT2D eigenvalue weighted by molar-refractivity contribution is -0.123. The van der Waals surface area contributed by atoms with Crippen molar-refractivity contribution < 1.29 is 9.90 Å². The van der Waals surface area contributed by atoms with Gasteiger partial charge in [0.1, 0.15) is 0 Å². The second-order valence-electron chi connectivity index (χ2n) is 5.81. The predicted molar refractivity (Wildman–Crippen MR) is 89.1 cm³/mol. The molecular formula is C16H20N2O2S2. The number of aryl methyl sites for hydroxylation is 2. The number of nitrogens with zero attached hydrogens (tertiary/aromatic N) is 1. The first-order valence-corrected chi connectivity index (χ1v) is 9.29. The Hall–Kier alpha value is -1.24. The lowest BCUT2D eigenvalue weighted by Crippen LogP contribution is -2.41. The molecule has 2 heterocycles. The monoisotopic (exact) mass is 336 g/mol. The second kappa shape index (κ2) is 6.89. The minimum atomic E-state index is -0.204. The summed E-state index contributed by atoms with van der Waals surface area (Å²) in [5.74, 6) is 0.426. The highest BCUT2D eigenvalue weighted by Gasteiger charge is 2.36. The second-order valence-corrected chi connectivity index (χ2v) is 7.73. The number of aromatic nitrogens is 1. The van der Waals surface area contributed by atoms with Crippen LogP contribution in [0.2, 0.25) is 0 Å². The number of amides is 1. The van der Waals surface area contributed by atoms with Gasteiger partial charge >= 0.3 is 0 Å². The molecule has 0 saturated heterocycles. The summed E-state index contributed by atoms with van der Waals surface area (Å²) in [6, 6.07) is 4.11. The van der Waals surface area contributed by atoms with Gasteiger partial charge in [-0.1, -0.05) is 6.07 Å². The number of carbonyl (C=O) groups is 1. The van der Waals surface area contributed by atoms with Crippen molar-refractivity contribution in [2.75, 3.05) is 0 Å². The highest BCUT2D eigenvalue weighted by molar-refractivity contribution is 7.10. The van der Waals surface area contributed by atoms with Crippen molar-refractivity contribution in [3.63, 3.8) is 0 Å². The first-order valence-electron chi connectivity index (χ1n) is 7.53. The first-order chi connectivity index (χ1) is 10.6. The molecule has 1 saturated carbocycles. The maximum Gasteiger partial charge on any atom is 0.220 e. The van der Waals surface area contributed by atoms with Gasteiger partial charge < -0.3 is 10.4 Å². The van der Waals surface area contributed by atoms with E-state index < -0.39 is 0 Å². The molecule has 3 rings (SSSR count). The van der Waals surface area contributed by atoms with Crippen LogP contribution in [-0.4, -0.2) is 22.1 Å². The van der Waals surface area contributed by atoms with Crippen molar-refractivity contribution in [1.82, 2.24) is 10.3 Å². The molecule has 118 valence electrons. The summed E-state index contributed by atoms with van der Waals surface area (Å²) in [6.07, 6.45) is 2.57. The number of aliphatic hydroxyl groups is 1. The number of hydrogen-bond acceptors (Lipinski definition) is 5. The van der Waals surface area contributed by atoms with Crippen LogP contribution in [0.3, 0.4) is 0 Å². The van der Waals surface area contributed by atoms with Crippen LogP contribution in [0.1, 0.15) is 40.8 Å². The van der Waals surface area contributed by atoms with Gasteiger partial charge in [-0.05, 0) is 43.6 Å². The fourth-order valence-corrected chi connectivity index (χ4v) is 4.48. The quantitative estimate of drug-likeness (QED) is 0.852. The van der Waals surface area contributed by atoms with Crippen molar-refractivity contribution in [1.29, 1.82) is 0 Å². The summed E-state index contributed by atoms with van der Waals surface area (Å²) in [4.78, 5) is 18.9. The highest BCUT2D eigenvalue weighted by atomic mass is 32.1. The lowest BCUT2D eigenvalue weighted by atomic mass is 9.76. The molecule has 6 heteroatoms. The van der Waals surface area contributed by atoms with E-state index >= 15 is 0 Å². The predicted octanol–water partition coefficient (Wildman–Crippen LogP) is 3.07. The van der Waals surface area contributed by atoms with E-state index in [1.54, 1.807) is 22.7 Å². The maximum atomic E-state index is 12.3. The van der Waals surface area contributed by atoms with Gasteiger partial charge in [-0.25, -0.2) is 4.98 Å². The van der Waals surface area contributed by atoms with E-state index in [1.165, 1.54) is 9.75 Å². The summed E-state index contributed by atoms with van der Waals surface area (Å²) in [5.41, 5.74) is 2.85. The number of rotatable bonds is 6. The van der Waals surface area contributed by atoms with Crippen molar-refractivity contribution >= 4 is 28.6 Å². The normalized spacial score (nSPS) is 22.1. The molecule has 0 aliphatic heterocycles. The summed E-state index contributed by atoms with van der Waals surface area (Å²) in [6.45, 7) is 1.98. The van der Waals surface area contributed by atoms with Crippen LogP contribution in [0.15, 0.2) is 23.0 Å². The molecule has 2 N–H and O–H groups in total. The third kappa shape index (κ3) is 3.56. The molecule has 1 aliphatic carbocycles. The Balaban J connectivity index is 1.58. The van der Waals surface area contributed by atoms with Gasteiger partial charge in [-0.3, -0.25) is 4.79 Å². The Bertz CT molecular complexity index is 618. The van der Waals surface area contributed by atoms with Crippen LogP contribution in [-0.2, 0) is 11.2 Å². The van der Waals surface area contributed by atoms with E-state index in [2.05, 4.69) is 16.4 Å². The Kier molecular flexibility index (Phi) is 4.90. The topological polar surface area (TPSA) is 62.2 Å². The first kappa shape index (κ1) is 15.6. The van der Waals surface area contributed by atoms with Gasteiger partial charge in [-0.2, -0.15) is 0 Å².